The molecule has 0 radical (unpaired) electrons. The van der Waals surface area contributed by atoms with Crippen LogP contribution in [-0.4, -0.2) is 40.9 Å². The number of rotatable bonds is 9. The zero-order chi connectivity index (χ0) is 23.9. The lowest BCUT2D eigenvalue weighted by Crippen LogP contribution is -2.34. The molecular formula is C31H39NO2. The number of nitrogens with zero attached hydrogens (tertiary/aromatic N) is 1. The fourth-order valence-electron chi connectivity index (χ4n) is 5.31. The van der Waals surface area contributed by atoms with Gasteiger partial charge >= 0.3 is 0 Å². The molecule has 1 aliphatic carbocycles. The number of piperidine rings is 1. The van der Waals surface area contributed by atoms with Crippen LogP contribution in [0.4, 0.5) is 0 Å². The molecule has 0 spiro atoms. The van der Waals surface area contributed by atoms with E-state index in [2.05, 4.69) is 60.4 Å². The second-order valence-corrected chi connectivity index (χ2v) is 9.75. The van der Waals surface area contributed by atoms with Gasteiger partial charge in [-0.15, -0.1) is 0 Å². The van der Waals surface area contributed by atoms with Gasteiger partial charge in [0.25, 0.3) is 0 Å². The first-order valence-corrected chi connectivity index (χ1v) is 12.9. The highest BCUT2D eigenvalue weighted by Crippen LogP contribution is 2.38. The van der Waals surface area contributed by atoms with Gasteiger partial charge in [0.1, 0.15) is 5.76 Å². The van der Waals surface area contributed by atoms with Crippen molar-refractivity contribution in [3.63, 3.8) is 0 Å². The molecule has 0 bridgehead atoms. The molecule has 180 valence electrons. The third-order valence-corrected chi connectivity index (χ3v) is 7.30. The molecule has 2 aromatic carbocycles. The molecule has 0 aromatic heterocycles. The maximum absolute atomic E-state index is 10.3. The monoisotopic (exact) mass is 457 g/mol. The fourth-order valence-corrected chi connectivity index (χ4v) is 5.31. The van der Waals surface area contributed by atoms with Crippen LogP contribution < -0.4 is 0 Å². The molecule has 0 unspecified atom stereocenters. The average molecular weight is 458 g/mol. The first kappa shape index (κ1) is 24.5. The zero-order valence-electron chi connectivity index (χ0n) is 20.7. The predicted octanol–water partition coefficient (Wildman–Crippen LogP) is 7.12. The Morgan fingerprint density at radius 3 is 2.32 bits per heavy atom. The van der Waals surface area contributed by atoms with Crippen LogP contribution in [0.15, 0.2) is 78.1 Å². The van der Waals surface area contributed by atoms with Crippen molar-refractivity contribution in [3.8, 4) is 0 Å². The highest BCUT2D eigenvalue weighted by Gasteiger charge is 2.32. The minimum absolute atomic E-state index is 0.159. The van der Waals surface area contributed by atoms with Crippen molar-refractivity contribution in [2.24, 2.45) is 0 Å². The summed E-state index contributed by atoms with van der Waals surface area (Å²) in [7, 11) is 0. The molecule has 2 aromatic rings. The molecule has 1 heterocycles. The van der Waals surface area contributed by atoms with E-state index in [4.69, 9.17) is 0 Å². The summed E-state index contributed by atoms with van der Waals surface area (Å²) in [5, 5.41) is 19.9. The van der Waals surface area contributed by atoms with E-state index in [0.717, 1.165) is 23.6 Å². The number of allylic oxidation sites excluding steroid dienone is 5. The van der Waals surface area contributed by atoms with E-state index in [0.29, 0.717) is 12.3 Å². The van der Waals surface area contributed by atoms with E-state index >= 15 is 0 Å². The van der Waals surface area contributed by atoms with Crippen molar-refractivity contribution in [2.75, 3.05) is 19.7 Å². The van der Waals surface area contributed by atoms with Crippen LogP contribution in [0.1, 0.15) is 75.0 Å². The molecular weight excluding hydrogens is 418 g/mol. The molecule has 1 saturated heterocycles. The van der Waals surface area contributed by atoms with Gasteiger partial charge < -0.3 is 15.1 Å². The van der Waals surface area contributed by atoms with Crippen molar-refractivity contribution in [3.05, 3.63) is 94.8 Å². The fraction of sp³-hybridized carbons (Fsp3) is 0.419. The Morgan fingerprint density at radius 2 is 1.68 bits per heavy atom. The first-order chi connectivity index (χ1) is 16.6. The number of aliphatic hydroxyl groups excluding tert-OH is 2. The quantitative estimate of drug-likeness (QED) is 0.239. The number of hydrogen-bond acceptors (Lipinski definition) is 3. The second kappa shape index (κ2) is 11.7. The topological polar surface area (TPSA) is 43.7 Å². The largest absolute Gasteiger partial charge is 0.508 e. The standard InChI is InChI=1S/C31H39NO2/c1-3-29(34)21-23(2)31(30(13-8-20-33)25-9-5-4-6-10-25)27-12-7-11-26(22-27)24-16-18-32(19-17-24)28-14-15-28/h3-7,9-12,21-22,24,28,33-34H,8,13-20H2,1-2H3/b23-21+,29-3+,31-30-. The van der Waals surface area contributed by atoms with Crippen LogP contribution in [0.5, 0.6) is 0 Å². The van der Waals surface area contributed by atoms with Crippen molar-refractivity contribution in [1.29, 1.82) is 0 Å². The first-order valence-electron chi connectivity index (χ1n) is 12.9. The van der Waals surface area contributed by atoms with Gasteiger partial charge in [0, 0.05) is 12.6 Å². The highest BCUT2D eigenvalue weighted by molar-refractivity contribution is 5.98. The van der Waals surface area contributed by atoms with Crippen LogP contribution in [0.3, 0.4) is 0 Å². The third kappa shape index (κ3) is 6.08. The number of likely N-dealkylation sites (tertiary alicyclic amines) is 1. The molecule has 3 nitrogen and oxygen atoms in total. The summed E-state index contributed by atoms with van der Waals surface area (Å²) in [5.74, 6) is 0.871. The normalized spacial score (nSPS) is 19.3. The van der Waals surface area contributed by atoms with E-state index in [1.54, 1.807) is 6.08 Å². The van der Waals surface area contributed by atoms with Crippen LogP contribution in [0.25, 0.3) is 11.1 Å². The molecule has 3 heteroatoms. The molecule has 1 aliphatic heterocycles. The summed E-state index contributed by atoms with van der Waals surface area (Å²) < 4.78 is 0. The number of benzene rings is 2. The lowest BCUT2D eigenvalue weighted by atomic mass is 9.84. The van der Waals surface area contributed by atoms with Gasteiger partial charge in [0.15, 0.2) is 0 Å². The van der Waals surface area contributed by atoms with Gasteiger partial charge in [0.05, 0.1) is 0 Å². The average Bonchev–Trinajstić information content (AvgIpc) is 3.73. The van der Waals surface area contributed by atoms with Crippen molar-refractivity contribution in [1.82, 2.24) is 4.90 Å². The van der Waals surface area contributed by atoms with Gasteiger partial charge in [-0.2, -0.15) is 0 Å². The molecule has 2 N–H and O–H groups in total. The summed E-state index contributed by atoms with van der Waals surface area (Å²) in [5.41, 5.74) is 7.19. The van der Waals surface area contributed by atoms with E-state index in [9.17, 15) is 10.2 Å². The summed E-state index contributed by atoms with van der Waals surface area (Å²) >= 11 is 0. The Kier molecular flexibility index (Phi) is 8.42. The Balaban J connectivity index is 1.75. The minimum atomic E-state index is 0.159. The van der Waals surface area contributed by atoms with Crippen LogP contribution in [0, 0.1) is 0 Å². The van der Waals surface area contributed by atoms with E-state index in [1.165, 1.54) is 61.0 Å². The molecule has 2 aliphatic rings. The maximum atomic E-state index is 10.3. The smallest absolute Gasteiger partial charge is 0.111 e. The molecule has 34 heavy (non-hydrogen) atoms. The van der Waals surface area contributed by atoms with Crippen LogP contribution >= 0.6 is 0 Å². The summed E-state index contributed by atoms with van der Waals surface area (Å²) in [6.07, 6.45) is 10.3. The van der Waals surface area contributed by atoms with E-state index < -0.39 is 0 Å². The highest BCUT2D eigenvalue weighted by atomic mass is 16.3. The lowest BCUT2D eigenvalue weighted by Gasteiger charge is -2.32. The molecule has 4 rings (SSSR count). The van der Waals surface area contributed by atoms with Gasteiger partial charge in [0.2, 0.25) is 0 Å². The Bertz CT molecular complexity index is 1040. The van der Waals surface area contributed by atoms with Gasteiger partial charge in [-0.25, -0.2) is 0 Å². The van der Waals surface area contributed by atoms with Crippen LogP contribution in [0.2, 0.25) is 0 Å². The summed E-state index contributed by atoms with van der Waals surface area (Å²) in [6.45, 7) is 6.51. The third-order valence-electron chi connectivity index (χ3n) is 7.30. The summed E-state index contributed by atoms with van der Waals surface area (Å²) in [4.78, 5) is 2.68. The maximum Gasteiger partial charge on any atom is 0.111 e. The predicted molar refractivity (Wildman–Crippen MR) is 143 cm³/mol. The SMILES string of the molecule is C\C=C(O)/C=C(C)/C(=C(\CCCO)c1ccccc1)c1cccc(C2CCN(C3CC3)CC2)c1. The lowest BCUT2D eigenvalue weighted by molar-refractivity contribution is 0.203. The zero-order valence-corrected chi connectivity index (χ0v) is 20.7. The van der Waals surface area contributed by atoms with Gasteiger partial charge in [-0.05, 0) is 117 Å². The van der Waals surface area contributed by atoms with E-state index in [-0.39, 0.29) is 12.4 Å². The van der Waals surface area contributed by atoms with Gasteiger partial charge in [-0.3, -0.25) is 0 Å². The minimum Gasteiger partial charge on any atom is -0.508 e. The molecule has 0 atom stereocenters. The molecule has 2 fully saturated rings. The Morgan fingerprint density at radius 1 is 0.971 bits per heavy atom. The van der Waals surface area contributed by atoms with E-state index in [1.807, 2.05) is 19.1 Å². The number of aliphatic hydroxyl groups is 2. The Hall–Kier alpha value is -2.62. The van der Waals surface area contributed by atoms with Crippen molar-refractivity contribution >= 4 is 11.1 Å². The van der Waals surface area contributed by atoms with Gasteiger partial charge in [-0.1, -0.05) is 54.6 Å². The second-order valence-electron chi connectivity index (χ2n) is 9.75. The van der Waals surface area contributed by atoms with Crippen molar-refractivity contribution < 1.29 is 10.2 Å². The van der Waals surface area contributed by atoms with Crippen LogP contribution in [-0.2, 0) is 0 Å². The Labute approximate surface area is 205 Å². The number of hydrogen-bond donors (Lipinski definition) is 2. The molecule has 0 amide bonds. The van der Waals surface area contributed by atoms with Crippen molar-refractivity contribution in [2.45, 2.75) is 64.3 Å². The summed E-state index contributed by atoms with van der Waals surface area (Å²) in [6, 6.07) is 20.4. The molecule has 1 saturated carbocycles.